The zero-order valence-corrected chi connectivity index (χ0v) is 17.3. The summed E-state index contributed by atoms with van der Waals surface area (Å²) in [6.07, 6.45) is 3.54. The van der Waals surface area contributed by atoms with Gasteiger partial charge in [0.2, 0.25) is 0 Å². The second-order valence-corrected chi connectivity index (χ2v) is 7.92. The van der Waals surface area contributed by atoms with Crippen LogP contribution in [0.15, 0.2) is 60.8 Å². The highest BCUT2D eigenvalue weighted by Crippen LogP contribution is 2.36. The van der Waals surface area contributed by atoms with Gasteiger partial charge in [0.15, 0.2) is 0 Å². The highest BCUT2D eigenvalue weighted by Gasteiger charge is 2.25. The molecule has 1 aliphatic heterocycles. The molecule has 1 aliphatic rings. The third kappa shape index (κ3) is 3.39. The average Bonchev–Trinajstić information content (AvgIpc) is 3.05. The number of nitrogens with zero attached hydrogens (tertiary/aromatic N) is 4. The number of hydrogen-bond donors (Lipinski definition) is 2. The number of anilines is 2. The van der Waals surface area contributed by atoms with Crippen molar-refractivity contribution in [1.29, 1.82) is 0 Å². The Kier molecular flexibility index (Phi) is 4.64. The highest BCUT2D eigenvalue weighted by atomic mass is 35.5. The quantitative estimate of drug-likeness (QED) is 0.492. The SMILES string of the molecule is Cc1nnc2n1-c1ccc(-c3ccc(N)nc3)cc1C(Nc1ccc(Cl)cc1)CC2. The Morgan fingerprint density at radius 3 is 2.60 bits per heavy atom. The molecule has 7 heteroatoms. The first-order chi connectivity index (χ1) is 14.6. The largest absolute Gasteiger partial charge is 0.384 e. The van der Waals surface area contributed by atoms with Gasteiger partial charge in [-0.1, -0.05) is 17.7 Å². The van der Waals surface area contributed by atoms with Crippen molar-refractivity contribution < 1.29 is 0 Å². The van der Waals surface area contributed by atoms with Crippen LogP contribution in [0.2, 0.25) is 5.02 Å². The van der Waals surface area contributed by atoms with E-state index in [1.165, 1.54) is 5.56 Å². The van der Waals surface area contributed by atoms with Gasteiger partial charge in [-0.15, -0.1) is 10.2 Å². The van der Waals surface area contributed by atoms with Gasteiger partial charge in [0.05, 0.1) is 11.7 Å². The average molecular weight is 417 g/mol. The minimum absolute atomic E-state index is 0.115. The molecule has 3 heterocycles. The van der Waals surface area contributed by atoms with Crippen LogP contribution in [0.4, 0.5) is 11.5 Å². The van der Waals surface area contributed by atoms with Crippen LogP contribution in [-0.2, 0) is 6.42 Å². The number of nitrogens with two attached hydrogens (primary N) is 1. The Balaban J connectivity index is 1.62. The molecule has 0 saturated heterocycles. The van der Waals surface area contributed by atoms with Crippen LogP contribution < -0.4 is 11.1 Å². The van der Waals surface area contributed by atoms with E-state index >= 15 is 0 Å². The standard InChI is InChI=1S/C23H21ClN6/c1-14-28-29-23-11-8-20(27-18-6-4-17(24)5-7-18)19-12-15(2-9-21(19)30(14)23)16-3-10-22(25)26-13-16/h2-7,9-10,12-13,20,27H,8,11H2,1H3,(H2,25,26). The lowest BCUT2D eigenvalue weighted by Gasteiger charge is -2.22. The Bertz CT molecular complexity index is 1200. The molecule has 4 aromatic rings. The van der Waals surface area contributed by atoms with E-state index in [1.54, 1.807) is 0 Å². The topological polar surface area (TPSA) is 81.7 Å². The molecule has 30 heavy (non-hydrogen) atoms. The first kappa shape index (κ1) is 18.6. The van der Waals surface area contributed by atoms with Crippen LogP contribution in [-0.4, -0.2) is 19.7 Å². The van der Waals surface area contributed by atoms with Crippen molar-refractivity contribution in [3.63, 3.8) is 0 Å². The summed E-state index contributed by atoms with van der Waals surface area (Å²) in [5, 5.41) is 13.1. The molecular weight excluding hydrogens is 396 g/mol. The molecule has 1 atom stereocenters. The second kappa shape index (κ2) is 7.46. The van der Waals surface area contributed by atoms with E-state index in [9.17, 15) is 0 Å². The van der Waals surface area contributed by atoms with Crippen molar-refractivity contribution in [2.24, 2.45) is 0 Å². The van der Waals surface area contributed by atoms with Crippen molar-refractivity contribution in [1.82, 2.24) is 19.7 Å². The molecule has 0 spiro atoms. The van der Waals surface area contributed by atoms with Crippen LogP contribution in [0.1, 0.15) is 29.7 Å². The van der Waals surface area contributed by atoms with E-state index in [2.05, 4.69) is 43.3 Å². The molecule has 2 aromatic heterocycles. The molecule has 3 N–H and O–H groups in total. The number of rotatable bonds is 3. The van der Waals surface area contributed by atoms with Gasteiger partial charge in [0, 0.05) is 28.9 Å². The molecule has 0 fully saturated rings. The number of halogens is 1. The number of benzene rings is 2. The smallest absolute Gasteiger partial charge is 0.137 e. The number of aromatic nitrogens is 4. The van der Waals surface area contributed by atoms with Gasteiger partial charge in [-0.25, -0.2) is 4.98 Å². The summed E-state index contributed by atoms with van der Waals surface area (Å²) in [6.45, 7) is 1.99. The monoisotopic (exact) mass is 416 g/mol. The Labute approximate surface area is 179 Å². The van der Waals surface area contributed by atoms with Crippen molar-refractivity contribution in [3.8, 4) is 16.8 Å². The maximum atomic E-state index is 6.06. The lowest BCUT2D eigenvalue weighted by molar-refractivity contribution is 0.686. The Morgan fingerprint density at radius 1 is 1.03 bits per heavy atom. The van der Waals surface area contributed by atoms with Gasteiger partial charge in [0.1, 0.15) is 17.5 Å². The van der Waals surface area contributed by atoms with Gasteiger partial charge in [0.25, 0.3) is 0 Å². The maximum Gasteiger partial charge on any atom is 0.137 e. The molecule has 0 amide bonds. The van der Waals surface area contributed by atoms with Gasteiger partial charge >= 0.3 is 0 Å². The third-order valence-electron chi connectivity index (χ3n) is 5.50. The van der Waals surface area contributed by atoms with Crippen LogP contribution in [0, 0.1) is 6.92 Å². The molecule has 0 bridgehead atoms. The van der Waals surface area contributed by atoms with Crippen molar-refractivity contribution in [2.45, 2.75) is 25.8 Å². The molecule has 1 unspecified atom stereocenters. The molecular formula is C23H21ClN6. The Morgan fingerprint density at radius 2 is 1.83 bits per heavy atom. The number of nitrogens with one attached hydrogen (secondary N) is 1. The van der Waals surface area contributed by atoms with Gasteiger partial charge in [-0.05, 0) is 73.0 Å². The first-order valence-electron chi connectivity index (χ1n) is 9.88. The minimum Gasteiger partial charge on any atom is -0.384 e. The van der Waals surface area contributed by atoms with E-state index < -0.39 is 0 Å². The predicted octanol–water partition coefficient (Wildman–Crippen LogP) is 4.97. The van der Waals surface area contributed by atoms with Gasteiger partial charge in [-0.3, -0.25) is 4.57 Å². The zero-order chi connectivity index (χ0) is 20.7. The number of hydrogen-bond acceptors (Lipinski definition) is 5. The first-order valence-corrected chi connectivity index (χ1v) is 10.3. The van der Waals surface area contributed by atoms with E-state index in [4.69, 9.17) is 17.3 Å². The molecule has 0 saturated carbocycles. The fourth-order valence-corrected chi connectivity index (χ4v) is 4.13. The number of aryl methyl sites for hydroxylation is 2. The summed E-state index contributed by atoms with van der Waals surface area (Å²) < 4.78 is 2.16. The molecule has 0 radical (unpaired) electrons. The molecule has 0 aliphatic carbocycles. The summed E-state index contributed by atoms with van der Waals surface area (Å²) in [5.74, 6) is 2.39. The summed E-state index contributed by atoms with van der Waals surface area (Å²) in [5.41, 5.74) is 11.2. The summed E-state index contributed by atoms with van der Waals surface area (Å²) in [6, 6.07) is 18.2. The fraction of sp³-hybridized carbons (Fsp3) is 0.174. The predicted molar refractivity (Wildman–Crippen MR) is 120 cm³/mol. The highest BCUT2D eigenvalue weighted by molar-refractivity contribution is 6.30. The molecule has 150 valence electrons. The number of pyridine rings is 1. The number of nitrogen functional groups attached to an aromatic ring is 1. The maximum absolute atomic E-state index is 6.06. The fourth-order valence-electron chi connectivity index (χ4n) is 4.00. The summed E-state index contributed by atoms with van der Waals surface area (Å²) in [7, 11) is 0. The van der Waals surface area contributed by atoms with E-state index in [0.717, 1.165) is 52.0 Å². The lowest BCUT2D eigenvalue weighted by atomic mass is 9.96. The van der Waals surface area contributed by atoms with Crippen LogP contribution in [0.5, 0.6) is 0 Å². The van der Waals surface area contributed by atoms with Crippen molar-refractivity contribution in [3.05, 3.63) is 83.0 Å². The van der Waals surface area contributed by atoms with Crippen LogP contribution in [0.25, 0.3) is 16.8 Å². The lowest BCUT2D eigenvalue weighted by Crippen LogP contribution is -2.12. The molecule has 5 rings (SSSR count). The summed E-state index contributed by atoms with van der Waals surface area (Å²) in [4.78, 5) is 4.25. The van der Waals surface area contributed by atoms with Crippen molar-refractivity contribution >= 4 is 23.1 Å². The second-order valence-electron chi connectivity index (χ2n) is 7.49. The van der Waals surface area contributed by atoms with E-state index in [-0.39, 0.29) is 6.04 Å². The number of fused-ring (bicyclic) bond motifs is 3. The van der Waals surface area contributed by atoms with Gasteiger partial charge in [-0.2, -0.15) is 0 Å². The minimum atomic E-state index is 0.115. The summed E-state index contributed by atoms with van der Waals surface area (Å²) >= 11 is 6.06. The Hall–Kier alpha value is -3.38. The van der Waals surface area contributed by atoms with Gasteiger partial charge < -0.3 is 11.1 Å². The van der Waals surface area contributed by atoms with Crippen LogP contribution in [0.3, 0.4) is 0 Å². The molecule has 2 aromatic carbocycles. The van der Waals surface area contributed by atoms with E-state index in [0.29, 0.717) is 5.82 Å². The van der Waals surface area contributed by atoms with Crippen LogP contribution >= 0.6 is 11.6 Å². The van der Waals surface area contributed by atoms with Crippen molar-refractivity contribution in [2.75, 3.05) is 11.1 Å². The van der Waals surface area contributed by atoms with E-state index in [1.807, 2.05) is 49.5 Å². The normalized spacial score (nSPS) is 15.2. The zero-order valence-electron chi connectivity index (χ0n) is 16.5. The molecule has 6 nitrogen and oxygen atoms in total. The third-order valence-corrected chi connectivity index (χ3v) is 5.75.